The molecule has 5 N–H and O–H groups in total. The number of amidine groups is 1. The standard InChI is InChI=1S/C20H19Cl2N9O4S/c1-10-16(29-28-14-9-13(6-7-15(14)32)36(34,35)23-2)17(33)31(30-10)12-5-3-4-11(8-12)24-20-26-18(21)25-19(22)27-20/h3-9,18,23,30,32H,1-2H3,(H2,24,25,26,27). The first-order valence-electron chi connectivity index (χ1n) is 10.2. The van der Waals surface area contributed by atoms with Gasteiger partial charge in [-0.25, -0.2) is 27.8 Å². The van der Waals surface area contributed by atoms with Crippen LogP contribution < -0.4 is 20.9 Å². The van der Waals surface area contributed by atoms with Crippen molar-refractivity contribution >= 4 is 61.5 Å². The fourth-order valence-electron chi connectivity index (χ4n) is 3.12. The van der Waals surface area contributed by atoms with E-state index in [1.807, 2.05) is 0 Å². The van der Waals surface area contributed by atoms with Crippen LogP contribution in [0.3, 0.4) is 0 Å². The molecule has 4 rings (SSSR count). The third-order valence-corrected chi connectivity index (χ3v) is 6.67. The second kappa shape index (κ2) is 10.1. The molecule has 1 unspecified atom stereocenters. The molecule has 1 aromatic heterocycles. The zero-order chi connectivity index (χ0) is 26.0. The number of aryl methyl sites for hydroxylation is 1. The lowest BCUT2D eigenvalue weighted by Crippen LogP contribution is -2.37. The van der Waals surface area contributed by atoms with E-state index in [0.29, 0.717) is 17.1 Å². The zero-order valence-electron chi connectivity index (χ0n) is 18.7. The van der Waals surface area contributed by atoms with Crippen molar-refractivity contribution in [2.24, 2.45) is 20.2 Å². The maximum atomic E-state index is 13.1. The summed E-state index contributed by atoms with van der Waals surface area (Å²) in [5.74, 6) is -0.0244. The molecule has 36 heavy (non-hydrogen) atoms. The largest absolute Gasteiger partial charge is 0.506 e. The second-order valence-electron chi connectivity index (χ2n) is 7.29. The van der Waals surface area contributed by atoms with Crippen molar-refractivity contribution in [2.75, 3.05) is 12.4 Å². The minimum atomic E-state index is -3.76. The van der Waals surface area contributed by atoms with Crippen LogP contribution in [-0.4, -0.2) is 47.2 Å². The van der Waals surface area contributed by atoms with Gasteiger partial charge in [0.1, 0.15) is 11.4 Å². The normalized spacial score (nSPS) is 15.9. The van der Waals surface area contributed by atoms with Gasteiger partial charge in [0.2, 0.25) is 26.9 Å². The molecule has 0 saturated carbocycles. The molecule has 2 heterocycles. The first-order valence-corrected chi connectivity index (χ1v) is 12.5. The van der Waals surface area contributed by atoms with Crippen molar-refractivity contribution in [3.8, 4) is 11.4 Å². The van der Waals surface area contributed by atoms with Crippen LogP contribution in [0.1, 0.15) is 5.69 Å². The highest BCUT2D eigenvalue weighted by molar-refractivity contribution is 7.89. The number of rotatable bonds is 6. The molecule has 0 amide bonds. The van der Waals surface area contributed by atoms with Gasteiger partial charge in [-0.05, 0) is 62.0 Å². The van der Waals surface area contributed by atoms with E-state index in [4.69, 9.17) is 23.2 Å². The van der Waals surface area contributed by atoms with Crippen LogP contribution >= 0.6 is 23.2 Å². The van der Waals surface area contributed by atoms with Crippen LogP contribution in [0.2, 0.25) is 0 Å². The number of phenols is 1. The van der Waals surface area contributed by atoms with Gasteiger partial charge in [-0.2, -0.15) is 0 Å². The molecular weight excluding hydrogens is 533 g/mol. The van der Waals surface area contributed by atoms with Gasteiger partial charge in [0, 0.05) is 5.69 Å². The molecule has 2 aromatic carbocycles. The number of alkyl halides is 1. The molecule has 1 aliphatic rings. The number of halogens is 2. The smallest absolute Gasteiger partial charge is 0.299 e. The summed E-state index contributed by atoms with van der Waals surface area (Å²) >= 11 is 11.8. The molecule has 0 aliphatic carbocycles. The zero-order valence-corrected chi connectivity index (χ0v) is 21.0. The van der Waals surface area contributed by atoms with E-state index in [1.165, 1.54) is 23.9 Å². The number of benzene rings is 2. The Morgan fingerprint density at radius 3 is 2.67 bits per heavy atom. The van der Waals surface area contributed by atoms with Crippen molar-refractivity contribution in [2.45, 2.75) is 17.4 Å². The average Bonchev–Trinajstić information content (AvgIpc) is 3.11. The van der Waals surface area contributed by atoms with Gasteiger partial charge in [0.05, 0.1) is 16.3 Å². The average molecular weight is 552 g/mol. The molecule has 0 fully saturated rings. The number of aromatic amines is 1. The Balaban J connectivity index is 1.63. The Kier molecular flexibility index (Phi) is 7.12. The first-order chi connectivity index (χ1) is 17.1. The van der Waals surface area contributed by atoms with E-state index in [9.17, 15) is 18.3 Å². The van der Waals surface area contributed by atoms with E-state index in [0.717, 1.165) is 6.07 Å². The van der Waals surface area contributed by atoms with Crippen LogP contribution in [-0.2, 0) is 10.0 Å². The number of nitrogens with one attached hydrogen (secondary N) is 4. The summed E-state index contributed by atoms with van der Waals surface area (Å²) in [6, 6.07) is 10.4. The fourth-order valence-corrected chi connectivity index (χ4v) is 4.30. The highest BCUT2D eigenvalue weighted by atomic mass is 35.5. The molecule has 1 atom stereocenters. The van der Waals surface area contributed by atoms with Crippen molar-refractivity contribution in [1.82, 2.24) is 19.8 Å². The number of nitrogens with zero attached hydrogens (tertiary/aromatic N) is 5. The third-order valence-electron chi connectivity index (χ3n) is 4.87. The molecule has 0 bridgehead atoms. The Bertz CT molecular complexity index is 1580. The minimum Gasteiger partial charge on any atom is -0.506 e. The van der Waals surface area contributed by atoms with E-state index < -0.39 is 21.2 Å². The summed E-state index contributed by atoms with van der Waals surface area (Å²) in [5.41, 5.74) is -0.0973. The van der Waals surface area contributed by atoms with Crippen LogP contribution in [0, 0.1) is 6.92 Å². The van der Waals surface area contributed by atoms with E-state index in [1.54, 1.807) is 31.2 Å². The van der Waals surface area contributed by atoms with E-state index in [2.05, 4.69) is 40.7 Å². The van der Waals surface area contributed by atoms with Gasteiger partial charge in [-0.15, -0.1) is 10.2 Å². The van der Waals surface area contributed by atoms with Crippen LogP contribution in [0.4, 0.5) is 17.1 Å². The number of aromatic nitrogens is 2. The lowest BCUT2D eigenvalue weighted by atomic mass is 10.3. The summed E-state index contributed by atoms with van der Waals surface area (Å²) in [5, 5.41) is 26.7. The second-order valence-corrected chi connectivity index (χ2v) is 9.93. The summed E-state index contributed by atoms with van der Waals surface area (Å²) in [4.78, 5) is 20.8. The Labute approximate surface area is 214 Å². The molecule has 0 saturated heterocycles. The number of hydrogen-bond donors (Lipinski definition) is 5. The van der Waals surface area contributed by atoms with E-state index in [-0.39, 0.29) is 33.3 Å². The van der Waals surface area contributed by atoms with Gasteiger partial charge in [0.15, 0.2) is 5.69 Å². The van der Waals surface area contributed by atoms with Gasteiger partial charge in [0.25, 0.3) is 5.56 Å². The number of anilines is 1. The molecule has 16 heteroatoms. The quantitative estimate of drug-likeness (QED) is 0.178. The predicted molar refractivity (Wildman–Crippen MR) is 137 cm³/mol. The topological polar surface area (TPSA) is 178 Å². The number of phenolic OH excluding ortho intramolecular Hbond substituents is 1. The Morgan fingerprint density at radius 1 is 1.17 bits per heavy atom. The minimum absolute atomic E-state index is 0.0269. The Morgan fingerprint density at radius 2 is 1.94 bits per heavy atom. The maximum absolute atomic E-state index is 13.1. The van der Waals surface area contributed by atoms with Crippen LogP contribution in [0.25, 0.3) is 5.69 Å². The van der Waals surface area contributed by atoms with Crippen LogP contribution in [0.5, 0.6) is 5.75 Å². The first kappa shape index (κ1) is 25.4. The summed E-state index contributed by atoms with van der Waals surface area (Å²) in [6.07, 6.45) is 0. The summed E-state index contributed by atoms with van der Waals surface area (Å²) < 4.78 is 27.5. The number of aliphatic imine (C=N–C) groups is 2. The van der Waals surface area contributed by atoms with Crippen molar-refractivity contribution < 1.29 is 13.5 Å². The number of H-pyrrole nitrogens is 1. The van der Waals surface area contributed by atoms with Gasteiger partial charge in [-0.1, -0.05) is 17.7 Å². The lowest BCUT2D eigenvalue weighted by Gasteiger charge is -2.16. The molecule has 0 radical (unpaired) electrons. The Hall–Kier alpha value is -3.72. The number of aromatic hydroxyl groups is 1. The highest BCUT2D eigenvalue weighted by Gasteiger charge is 2.17. The number of hydrogen-bond acceptors (Lipinski definition) is 10. The SMILES string of the molecule is CNS(=O)(=O)c1ccc(O)c(N=Nc2c(C)[nH]n(-c3cccc(NC4=NC(Cl)N=C(Cl)N4)c3)c2=O)c1. The monoisotopic (exact) mass is 551 g/mol. The number of guanidine groups is 1. The van der Waals surface area contributed by atoms with Crippen LogP contribution in [0.15, 0.2) is 72.4 Å². The van der Waals surface area contributed by atoms with Crippen molar-refractivity contribution in [3.63, 3.8) is 0 Å². The molecule has 3 aromatic rings. The predicted octanol–water partition coefficient (Wildman–Crippen LogP) is 2.99. The van der Waals surface area contributed by atoms with Crippen molar-refractivity contribution in [1.29, 1.82) is 0 Å². The van der Waals surface area contributed by atoms with Crippen molar-refractivity contribution in [3.05, 3.63) is 58.5 Å². The number of azo groups is 1. The summed E-state index contributed by atoms with van der Waals surface area (Å²) in [7, 11) is -2.50. The molecule has 1 aliphatic heterocycles. The third kappa shape index (κ3) is 5.41. The summed E-state index contributed by atoms with van der Waals surface area (Å²) in [6.45, 7) is 1.62. The molecular formula is C20H19Cl2N9O4S. The molecule has 13 nitrogen and oxygen atoms in total. The number of sulfonamides is 1. The fraction of sp³-hybridized carbons (Fsp3) is 0.150. The highest BCUT2D eigenvalue weighted by Crippen LogP contribution is 2.30. The molecule has 188 valence electrons. The van der Waals surface area contributed by atoms with E-state index >= 15 is 0 Å². The lowest BCUT2D eigenvalue weighted by molar-refractivity contribution is 0.476. The van der Waals surface area contributed by atoms with Gasteiger partial charge in [-0.3, -0.25) is 9.89 Å². The maximum Gasteiger partial charge on any atom is 0.299 e. The van der Waals surface area contributed by atoms with Gasteiger partial charge >= 0.3 is 0 Å². The molecule has 0 spiro atoms. The van der Waals surface area contributed by atoms with Gasteiger partial charge < -0.3 is 15.7 Å².